The molecule has 2 aliphatic heterocycles. The predicted molar refractivity (Wildman–Crippen MR) is 92.4 cm³/mol. The van der Waals surface area contributed by atoms with E-state index >= 15 is 0 Å². The lowest BCUT2D eigenvalue weighted by molar-refractivity contribution is -0.116. The van der Waals surface area contributed by atoms with Crippen LogP contribution in [-0.2, 0) is 14.8 Å². The molecule has 2 heterocycles. The highest BCUT2D eigenvalue weighted by atomic mass is 32.2. The van der Waals surface area contributed by atoms with Crippen molar-refractivity contribution in [2.75, 3.05) is 24.5 Å². The first kappa shape index (κ1) is 16.8. The molecule has 23 heavy (non-hydrogen) atoms. The Morgan fingerprint density at radius 3 is 2.57 bits per heavy atom. The summed E-state index contributed by atoms with van der Waals surface area (Å²) in [5.41, 5.74) is 0.818. The van der Waals surface area contributed by atoms with Crippen LogP contribution in [0, 0.1) is 0 Å². The molecule has 1 amide bonds. The van der Waals surface area contributed by atoms with E-state index < -0.39 is 10.0 Å². The van der Waals surface area contributed by atoms with Crippen LogP contribution in [0.5, 0.6) is 0 Å². The Bertz CT molecular complexity index is 712. The van der Waals surface area contributed by atoms with Gasteiger partial charge in [0, 0.05) is 36.7 Å². The average Bonchev–Trinajstić information content (AvgIpc) is 2.54. The second-order valence-electron chi connectivity index (χ2n) is 6.15. The van der Waals surface area contributed by atoms with E-state index in [0.717, 1.165) is 29.8 Å². The lowest BCUT2D eigenvalue weighted by Crippen LogP contribution is -2.37. The number of sulfonamides is 1. The molecule has 1 unspecified atom stereocenters. The molecule has 5 nitrogen and oxygen atoms in total. The van der Waals surface area contributed by atoms with Crippen molar-refractivity contribution in [2.45, 2.75) is 48.2 Å². The topological polar surface area (TPSA) is 57.7 Å². The quantitative estimate of drug-likeness (QED) is 0.819. The van der Waals surface area contributed by atoms with Gasteiger partial charge in [-0.25, -0.2) is 8.42 Å². The molecule has 126 valence electrons. The van der Waals surface area contributed by atoms with Crippen LogP contribution in [0.2, 0.25) is 0 Å². The molecule has 7 heteroatoms. The van der Waals surface area contributed by atoms with Crippen molar-refractivity contribution in [3.8, 4) is 0 Å². The maximum atomic E-state index is 12.8. The van der Waals surface area contributed by atoms with Gasteiger partial charge in [0.05, 0.1) is 10.6 Å². The highest BCUT2D eigenvalue weighted by molar-refractivity contribution is 8.00. The number of amides is 1. The zero-order chi connectivity index (χ0) is 16.6. The molecule has 1 atom stereocenters. The summed E-state index contributed by atoms with van der Waals surface area (Å²) >= 11 is 1.63. The van der Waals surface area contributed by atoms with Crippen LogP contribution in [0.3, 0.4) is 0 Å². The number of hydrogen-bond donors (Lipinski definition) is 0. The molecule has 3 rings (SSSR count). The molecule has 1 saturated heterocycles. The van der Waals surface area contributed by atoms with Crippen LogP contribution in [0.1, 0.15) is 33.1 Å². The van der Waals surface area contributed by atoms with Gasteiger partial charge in [-0.2, -0.15) is 4.31 Å². The molecule has 1 aromatic carbocycles. The number of fused-ring (bicyclic) bond motifs is 1. The van der Waals surface area contributed by atoms with Gasteiger partial charge in [0.1, 0.15) is 0 Å². The maximum Gasteiger partial charge on any atom is 0.243 e. The Morgan fingerprint density at radius 2 is 1.91 bits per heavy atom. The summed E-state index contributed by atoms with van der Waals surface area (Å²) in [5, 5.41) is 0.249. The fraction of sp³-hybridized carbons (Fsp3) is 0.562. The Kier molecular flexibility index (Phi) is 4.71. The summed E-state index contributed by atoms with van der Waals surface area (Å²) in [4.78, 5) is 14.8. The smallest absolute Gasteiger partial charge is 0.243 e. The van der Waals surface area contributed by atoms with Gasteiger partial charge in [0.25, 0.3) is 0 Å². The number of hydrogen-bond acceptors (Lipinski definition) is 4. The van der Waals surface area contributed by atoms with Gasteiger partial charge in [0.15, 0.2) is 0 Å². The molecule has 0 spiro atoms. The molecule has 0 aromatic heterocycles. The van der Waals surface area contributed by atoms with E-state index in [1.54, 1.807) is 46.1 Å². The molecule has 0 bridgehead atoms. The van der Waals surface area contributed by atoms with E-state index in [2.05, 4.69) is 6.92 Å². The summed E-state index contributed by atoms with van der Waals surface area (Å²) in [6, 6.07) is 5.14. The van der Waals surface area contributed by atoms with Crippen LogP contribution in [0.4, 0.5) is 5.69 Å². The van der Waals surface area contributed by atoms with E-state index in [1.165, 1.54) is 0 Å². The SMILES string of the molecule is CC(=O)N1CC(C)Sc2cc(S(=O)(=O)N3CCCCC3)ccc21. The number of carbonyl (C=O) groups excluding carboxylic acids is 1. The third-order valence-corrected chi connectivity index (χ3v) is 7.35. The van der Waals surface area contributed by atoms with Crippen LogP contribution >= 0.6 is 11.8 Å². The van der Waals surface area contributed by atoms with Crippen molar-refractivity contribution in [1.82, 2.24) is 4.31 Å². The van der Waals surface area contributed by atoms with Crippen molar-refractivity contribution in [3.05, 3.63) is 18.2 Å². The van der Waals surface area contributed by atoms with Gasteiger partial charge in [0.2, 0.25) is 15.9 Å². The van der Waals surface area contributed by atoms with Crippen molar-refractivity contribution < 1.29 is 13.2 Å². The number of thioether (sulfide) groups is 1. The largest absolute Gasteiger partial charge is 0.310 e. The molecule has 0 aliphatic carbocycles. The Morgan fingerprint density at radius 1 is 1.22 bits per heavy atom. The van der Waals surface area contributed by atoms with Crippen LogP contribution in [0.15, 0.2) is 28.0 Å². The van der Waals surface area contributed by atoms with Gasteiger partial charge < -0.3 is 4.90 Å². The fourth-order valence-corrected chi connectivity index (χ4v) is 5.90. The molecule has 0 N–H and O–H groups in total. The first-order valence-electron chi connectivity index (χ1n) is 7.98. The maximum absolute atomic E-state index is 12.8. The number of anilines is 1. The molecule has 1 aromatic rings. The number of piperidine rings is 1. The molecule has 1 fully saturated rings. The molecule has 2 aliphatic rings. The third kappa shape index (κ3) is 3.27. The molecule has 0 saturated carbocycles. The summed E-state index contributed by atoms with van der Waals surface area (Å²) in [6.45, 7) is 5.45. The van der Waals surface area contributed by atoms with Gasteiger partial charge in [-0.05, 0) is 31.0 Å². The van der Waals surface area contributed by atoms with Crippen molar-refractivity contribution in [3.63, 3.8) is 0 Å². The zero-order valence-electron chi connectivity index (χ0n) is 13.5. The fourth-order valence-electron chi connectivity index (χ4n) is 3.13. The van der Waals surface area contributed by atoms with E-state index in [9.17, 15) is 13.2 Å². The number of benzene rings is 1. The second-order valence-corrected chi connectivity index (χ2v) is 9.57. The summed E-state index contributed by atoms with van der Waals surface area (Å²) in [6.07, 6.45) is 2.94. The van der Waals surface area contributed by atoms with E-state index in [4.69, 9.17) is 0 Å². The first-order valence-corrected chi connectivity index (χ1v) is 10.3. The van der Waals surface area contributed by atoms with Crippen LogP contribution < -0.4 is 4.90 Å². The first-order chi connectivity index (χ1) is 10.9. The van der Waals surface area contributed by atoms with Gasteiger partial charge in [-0.15, -0.1) is 11.8 Å². The van der Waals surface area contributed by atoms with Gasteiger partial charge in [-0.1, -0.05) is 13.3 Å². The lowest BCUT2D eigenvalue weighted by Gasteiger charge is -2.32. The Labute approximate surface area is 142 Å². The normalized spacial score (nSPS) is 22.7. The molecule has 0 radical (unpaired) electrons. The second kappa shape index (κ2) is 6.45. The summed E-state index contributed by atoms with van der Waals surface area (Å²) in [5.74, 6) is -0.00922. The third-order valence-electron chi connectivity index (χ3n) is 4.32. The Hall–Kier alpha value is -1.05. The molecular weight excluding hydrogens is 332 g/mol. The van der Waals surface area contributed by atoms with E-state index in [1.807, 2.05) is 0 Å². The lowest BCUT2D eigenvalue weighted by atomic mass is 10.2. The van der Waals surface area contributed by atoms with Crippen molar-refractivity contribution in [2.24, 2.45) is 0 Å². The Balaban J connectivity index is 1.97. The minimum Gasteiger partial charge on any atom is -0.310 e. The van der Waals surface area contributed by atoms with E-state index in [0.29, 0.717) is 24.5 Å². The zero-order valence-corrected chi connectivity index (χ0v) is 15.1. The monoisotopic (exact) mass is 354 g/mol. The van der Waals surface area contributed by atoms with E-state index in [-0.39, 0.29) is 11.2 Å². The van der Waals surface area contributed by atoms with Crippen molar-refractivity contribution >= 4 is 33.4 Å². The van der Waals surface area contributed by atoms with Crippen LogP contribution in [0.25, 0.3) is 0 Å². The molecular formula is C16H22N2O3S2. The van der Waals surface area contributed by atoms with Crippen molar-refractivity contribution in [1.29, 1.82) is 0 Å². The highest BCUT2D eigenvalue weighted by Crippen LogP contribution is 2.40. The summed E-state index contributed by atoms with van der Waals surface area (Å²) < 4.78 is 27.2. The van der Waals surface area contributed by atoms with Crippen LogP contribution in [-0.4, -0.2) is 43.5 Å². The number of carbonyl (C=O) groups is 1. The minimum absolute atomic E-state index is 0.00922. The standard InChI is InChI=1S/C16H22N2O3S2/c1-12-11-18(13(2)19)15-7-6-14(10-16(15)22-12)23(20,21)17-8-4-3-5-9-17/h6-7,10,12H,3-5,8-9,11H2,1-2H3. The van der Waals surface area contributed by atoms with Gasteiger partial charge in [-0.3, -0.25) is 4.79 Å². The minimum atomic E-state index is -3.43. The summed E-state index contributed by atoms with van der Waals surface area (Å²) in [7, 11) is -3.43. The van der Waals surface area contributed by atoms with Gasteiger partial charge >= 0.3 is 0 Å². The average molecular weight is 354 g/mol. The number of rotatable bonds is 2. The number of nitrogens with zero attached hydrogens (tertiary/aromatic N) is 2. The predicted octanol–water partition coefficient (Wildman–Crippen LogP) is 2.71. The highest BCUT2D eigenvalue weighted by Gasteiger charge is 2.30.